The molecule has 1 nitrogen and oxygen atoms in total. The number of halogens is 3. The van der Waals surface area contributed by atoms with Gasteiger partial charge in [-0.05, 0) is 18.2 Å². The molecule has 0 saturated heterocycles. The van der Waals surface area contributed by atoms with E-state index >= 15 is 0 Å². The van der Waals surface area contributed by atoms with Crippen LogP contribution in [0.4, 0.5) is 13.2 Å². The summed E-state index contributed by atoms with van der Waals surface area (Å²) in [6, 6.07) is 3.78. The van der Waals surface area contributed by atoms with Crippen LogP contribution in [-0.2, 0) is 6.18 Å². The van der Waals surface area contributed by atoms with E-state index < -0.39 is 11.7 Å². The van der Waals surface area contributed by atoms with Gasteiger partial charge in [-0.1, -0.05) is 20.8 Å². The molecule has 0 aliphatic carbocycles. The lowest BCUT2D eigenvalue weighted by atomic mass is 10.1. The lowest BCUT2D eigenvalue weighted by Gasteiger charge is -2.19. The Morgan fingerprint density at radius 3 is 2.18 bits per heavy atom. The van der Waals surface area contributed by atoms with Crippen molar-refractivity contribution in [2.75, 3.05) is 0 Å². The second kappa shape index (κ2) is 4.72. The van der Waals surface area contributed by atoms with Crippen molar-refractivity contribution >= 4 is 18.0 Å². The Bertz CT molecular complexity index is 419. The summed E-state index contributed by atoms with van der Waals surface area (Å²) < 4.78 is 37.9. The van der Waals surface area contributed by atoms with E-state index in [0.717, 1.165) is 6.07 Å². The Kier molecular flexibility index (Phi) is 3.91. The van der Waals surface area contributed by atoms with E-state index in [1.807, 2.05) is 20.8 Å². The lowest BCUT2D eigenvalue weighted by molar-refractivity contribution is -0.138. The summed E-state index contributed by atoms with van der Waals surface area (Å²) in [6.07, 6.45) is -4.26. The van der Waals surface area contributed by atoms with Crippen LogP contribution in [0.15, 0.2) is 23.1 Å². The highest BCUT2D eigenvalue weighted by Gasteiger charge is 2.33. The van der Waals surface area contributed by atoms with E-state index in [9.17, 15) is 18.0 Å². The monoisotopic (exact) mass is 262 g/mol. The summed E-state index contributed by atoms with van der Waals surface area (Å²) in [6.45, 7) is 5.75. The maximum absolute atomic E-state index is 12.7. The van der Waals surface area contributed by atoms with Crippen LogP contribution in [0.3, 0.4) is 0 Å². The number of hydrogen-bond acceptors (Lipinski definition) is 2. The predicted molar refractivity (Wildman–Crippen MR) is 62.4 cm³/mol. The van der Waals surface area contributed by atoms with E-state index in [4.69, 9.17) is 0 Å². The molecule has 17 heavy (non-hydrogen) atoms. The highest BCUT2D eigenvalue weighted by Crippen LogP contribution is 2.37. The molecule has 0 atom stereocenters. The molecule has 0 radical (unpaired) electrons. The molecule has 0 spiro atoms. The van der Waals surface area contributed by atoms with Crippen LogP contribution in [0.1, 0.15) is 36.7 Å². The molecule has 0 bridgehead atoms. The fourth-order valence-electron chi connectivity index (χ4n) is 1.30. The second-order valence-electron chi connectivity index (χ2n) is 4.58. The molecule has 0 heterocycles. The third-order valence-electron chi connectivity index (χ3n) is 1.88. The van der Waals surface area contributed by atoms with Crippen LogP contribution >= 0.6 is 11.8 Å². The molecule has 0 fully saturated rings. The molecule has 1 rings (SSSR count). The van der Waals surface area contributed by atoms with Gasteiger partial charge in [-0.2, -0.15) is 13.2 Å². The SMILES string of the molecule is CC(C)(C)Sc1ccc(C=O)c(C(F)(F)F)c1. The number of benzene rings is 1. The number of thioether (sulfide) groups is 1. The number of rotatable bonds is 2. The van der Waals surface area contributed by atoms with Crippen LogP contribution in [0, 0.1) is 0 Å². The Labute approximate surface area is 102 Å². The molecular formula is C12H13F3OS. The van der Waals surface area contributed by atoms with E-state index in [1.54, 1.807) is 0 Å². The average molecular weight is 262 g/mol. The molecule has 0 aliphatic rings. The Hall–Kier alpha value is -0.970. The van der Waals surface area contributed by atoms with Gasteiger partial charge in [0.25, 0.3) is 0 Å². The largest absolute Gasteiger partial charge is 0.417 e. The molecule has 0 unspecified atom stereocenters. The molecule has 1 aromatic carbocycles. The first-order valence-corrected chi connectivity index (χ1v) is 5.80. The van der Waals surface area contributed by atoms with Crippen LogP contribution in [0.5, 0.6) is 0 Å². The summed E-state index contributed by atoms with van der Waals surface area (Å²) in [5.41, 5.74) is -1.20. The van der Waals surface area contributed by atoms with Gasteiger partial charge in [0.1, 0.15) is 0 Å². The summed E-state index contributed by atoms with van der Waals surface area (Å²) >= 11 is 1.33. The fourth-order valence-corrected chi connectivity index (χ4v) is 2.32. The first-order chi connectivity index (χ1) is 7.63. The highest BCUT2D eigenvalue weighted by atomic mass is 32.2. The minimum atomic E-state index is -4.50. The number of hydrogen-bond donors (Lipinski definition) is 0. The highest BCUT2D eigenvalue weighted by molar-refractivity contribution is 8.00. The zero-order valence-corrected chi connectivity index (χ0v) is 10.6. The Morgan fingerprint density at radius 2 is 1.76 bits per heavy atom. The zero-order valence-electron chi connectivity index (χ0n) is 9.76. The van der Waals surface area contributed by atoms with Crippen LogP contribution in [0.25, 0.3) is 0 Å². The maximum Gasteiger partial charge on any atom is 0.417 e. The molecule has 1 aromatic rings. The van der Waals surface area contributed by atoms with Gasteiger partial charge in [0.15, 0.2) is 6.29 Å². The standard InChI is InChI=1S/C12H13F3OS/c1-11(2,3)17-9-5-4-8(7-16)10(6-9)12(13,14)15/h4-7H,1-3H3. The van der Waals surface area contributed by atoms with Crippen LogP contribution in [0.2, 0.25) is 0 Å². The van der Waals surface area contributed by atoms with Crippen molar-refractivity contribution in [3.05, 3.63) is 29.3 Å². The molecule has 0 amide bonds. The molecule has 94 valence electrons. The summed E-state index contributed by atoms with van der Waals surface area (Å²) in [4.78, 5) is 11.1. The van der Waals surface area contributed by atoms with Crippen molar-refractivity contribution in [3.8, 4) is 0 Å². The first kappa shape index (κ1) is 14.1. The quantitative estimate of drug-likeness (QED) is 0.580. The first-order valence-electron chi connectivity index (χ1n) is 4.99. The third kappa shape index (κ3) is 4.07. The van der Waals surface area contributed by atoms with E-state index in [-0.39, 0.29) is 16.6 Å². The molecule has 0 aliphatic heterocycles. The lowest BCUT2D eigenvalue weighted by Crippen LogP contribution is -2.11. The van der Waals surface area contributed by atoms with Gasteiger partial charge in [0.05, 0.1) is 5.56 Å². The molecule has 5 heteroatoms. The van der Waals surface area contributed by atoms with Gasteiger partial charge < -0.3 is 0 Å². The third-order valence-corrected chi connectivity index (χ3v) is 2.98. The van der Waals surface area contributed by atoms with Crippen molar-refractivity contribution in [2.45, 2.75) is 36.6 Å². The van der Waals surface area contributed by atoms with Crippen molar-refractivity contribution in [1.82, 2.24) is 0 Å². The molecular weight excluding hydrogens is 249 g/mol. The van der Waals surface area contributed by atoms with E-state index in [0.29, 0.717) is 4.90 Å². The van der Waals surface area contributed by atoms with Gasteiger partial charge in [-0.25, -0.2) is 0 Å². The maximum atomic E-state index is 12.7. The van der Waals surface area contributed by atoms with Gasteiger partial charge in [-0.3, -0.25) is 4.79 Å². The Balaban J connectivity index is 3.19. The van der Waals surface area contributed by atoms with Gasteiger partial charge in [-0.15, -0.1) is 11.8 Å². The topological polar surface area (TPSA) is 17.1 Å². The molecule has 0 saturated carbocycles. The van der Waals surface area contributed by atoms with Crippen molar-refractivity contribution in [2.24, 2.45) is 0 Å². The summed E-state index contributed by atoms with van der Waals surface area (Å²) in [5.74, 6) is 0. The molecule has 0 N–H and O–H groups in total. The van der Waals surface area contributed by atoms with Crippen molar-refractivity contribution in [1.29, 1.82) is 0 Å². The van der Waals surface area contributed by atoms with Gasteiger partial charge >= 0.3 is 6.18 Å². The average Bonchev–Trinajstić information content (AvgIpc) is 2.13. The number of carbonyl (C=O) groups excluding carboxylic acids is 1. The normalized spacial score (nSPS) is 12.6. The smallest absolute Gasteiger partial charge is 0.298 e. The van der Waals surface area contributed by atoms with Crippen LogP contribution in [-0.4, -0.2) is 11.0 Å². The minimum Gasteiger partial charge on any atom is -0.298 e. The van der Waals surface area contributed by atoms with Gasteiger partial charge in [0, 0.05) is 15.2 Å². The number of carbonyl (C=O) groups is 1. The zero-order chi connectivity index (χ0) is 13.3. The summed E-state index contributed by atoms with van der Waals surface area (Å²) in [7, 11) is 0. The van der Waals surface area contributed by atoms with Gasteiger partial charge in [0.2, 0.25) is 0 Å². The van der Waals surface area contributed by atoms with E-state index in [2.05, 4.69) is 0 Å². The number of aldehydes is 1. The molecule has 0 aromatic heterocycles. The van der Waals surface area contributed by atoms with E-state index in [1.165, 1.54) is 23.9 Å². The second-order valence-corrected chi connectivity index (χ2v) is 6.48. The number of alkyl halides is 3. The fraction of sp³-hybridized carbons (Fsp3) is 0.417. The van der Waals surface area contributed by atoms with Crippen molar-refractivity contribution in [3.63, 3.8) is 0 Å². The Morgan fingerprint density at radius 1 is 1.18 bits per heavy atom. The predicted octanol–water partition coefficient (Wildman–Crippen LogP) is 4.41. The van der Waals surface area contributed by atoms with Crippen molar-refractivity contribution < 1.29 is 18.0 Å². The van der Waals surface area contributed by atoms with Crippen LogP contribution < -0.4 is 0 Å². The summed E-state index contributed by atoms with van der Waals surface area (Å²) in [5, 5.41) is 0. The minimum absolute atomic E-state index is 0.175.